The van der Waals surface area contributed by atoms with Crippen LogP contribution in [-0.4, -0.2) is 41.8 Å². The third kappa shape index (κ3) is 2.86. The van der Waals surface area contributed by atoms with E-state index in [2.05, 4.69) is 0 Å². The molecular weight excluding hydrogens is 294 g/mol. The number of anilines is 1. The molecule has 1 aromatic carbocycles. The molecule has 0 aliphatic carbocycles. The van der Waals surface area contributed by atoms with Crippen LogP contribution >= 0.6 is 0 Å². The number of carbonyl (C=O) groups is 3. The number of carbonyl (C=O) groups excluding carboxylic acids is 3. The number of piperidine rings is 1. The summed E-state index contributed by atoms with van der Waals surface area (Å²) in [5.74, 6) is -0.723. The number of nitrogens with two attached hydrogens (primary N) is 1. The van der Waals surface area contributed by atoms with Crippen LogP contribution in [0.25, 0.3) is 0 Å². The van der Waals surface area contributed by atoms with Crippen molar-refractivity contribution in [3.63, 3.8) is 0 Å². The van der Waals surface area contributed by atoms with Gasteiger partial charge in [0.05, 0.1) is 18.2 Å². The third-order valence-electron chi connectivity index (χ3n) is 4.85. The number of imide groups is 1. The van der Waals surface area contributed by atoms with Gasteiger partial charge in [0.15, 0.2) is 0 Å². The van der Waals surface area contributed by atoms with Crippen molar-refractivity contribution in [2.24, 2.45) is 11.7 Å². The second kappa shape index (κ2) is 6.12. The molecule has 6 nitrogen and oxygen atoms in total. The topological polar surface area (TPSA) is 83.7 Å². The van der Waals surface area contributed by atoms with E-state index in [1.165, 1.54) is 4.90 Å². The van der Waals surface area contributed by atoms with Crippen molar-refractivity contribution >= 4 is 23.4 Å². The average molecular weight is 315 g/mol. The predicted molar refractivity (Wildman–Crippen MR) is 85.6 cm³/mol. The zero-order chi connectivity index (χ0) is 16.6. The molecule has 0 radical (unpaired) electrons. The Morgan fingerprint density at radius 3 is 2.43 bits per heavy atom. The number of rotatable bonds is 3. The second-order valence-corrected chi connectivity index (χ2v) is 6.29. The molecule has 6 heteroatoms. The van der Waals surface area contributed by atoms with Gasteiger partial charge in [-0.2, -0.15) is 0 Å². The quantitative estimate of drug-likeness (QED) is 0.837. The molecule has 0 unspecified atom stereocenters. The van der Waals surface area contributed by atoms with Gasteiger partial charge in [-0.05, 0) is 44.5 Å². The van der Waals surface area contributed by atoms with E-state index in [0.717, 1.165) is 5.56 Å². The van der Waals surface area contributed by atoms with Crippen molar-refractivity contribution in [2.45, 2.75) is 32.2 Å². The molecule has 2 aliphatic heterocycles. The molecular formula is C17H21N3O3. The molecule has 0 bridgehead atoms. The normalized spacial score (nSPS) is 23.5. The number of amides is 3. The summed E-state index contributed by atoms with van der Waals surface area (Å²) in [4.78, 5) is 39.7. The molecule has 3 amide bonds. The minimum absolute atomic E-state index is 0.120. The van der Waals surface area contributed by atoms with E-state index >= 15 is 0 Å². The Morgan fingerprint density at radius 2 is 1.83 bits per heavy atom. The number of aryl methyl sites for hydroxylation is 1. The lowest BCUT2D eigenvalue weighted by Crippen LogP contribution is -2.47. The van der Waals surface area contributed by atoms with Crippen LogP contribution in [0.5, 0.6) is 0 Å². The summed E-state index contributed by atoms with van der Waals surface area (Å²) in [5, 5.41) is 0. The molecule has 0 aromatic heterocycles. The molecule has 1 aromatic rings. The van der Waals surface area contributed by atoms with Gasteiger partial charge in [-0.1, -0.05) is 18.2 Å². The van der Waals surface area contributed by atoms with Gasteiger partial charge in [0.1, 0.15) is 0 Å². The van der Waals surface area contributed by atoms with Crippen LogP contribution in [0.3, 0.4) is 0 Å². The van der Waals surface area contributed by atoms with E-state index in [0.29, 0.717) is 31.6 Å². The Labute approximate surface area is 135 Å². The predicted octanol–water partition coefficient (Wildman–Crippen LogP) is 0.824. The maximum atomic E-state index is 12.8. The summed E-state index contributed by atoms with van der Waals surface area (Å²) in [5.41, 5.74) is 6.91. The molecule has 23 heavy (non-hydrogen) atoms. The van der Waals surface area contributed by atoms with Crippen molar-refractivity contribution in [2.75, 3.05) is 18.0 Å². The fourth-order valence-electron chi connectivity index (χ4n) is 3.46. The van der Waals surface area contributed by atoms with Gasteiger partial charge in [-0.25, -0.2) is 4.90 Å². The lowest BCUT2D eigenvalue weighted by atomic mass is 9.95. The van der Waals surface area contributed by atoms with Crippen molar-refractivity contribution in [1.82, 2.24) is 4.90 Å². The minimum atomic E-state index is -0.420. The number of nitrogens with zero attached hydrogens (tertiary/aromatic N) is 2. The zero-order valence-electron chi connectivity index (χ0n) is 13.2. The smallest absolute Gasteiger partial charge is 0.251 e. The van der Waals surface area contributed by atoms with Crippen LogP contribution in [0.1, 0.15) is 24.8 Å². The van der Waals surface area contributed by atoms with Gasteiger partial charge in [0.2, 0.25) is 11.8 Å². The van der Waals surface area contributed by atoms with Crippen LogP contribution in [0.15, 0.2) is 24.3 Å². The highest BCUT2D eigenvalue weighted by Crippen LogP contribution is 2.30. The van der Waals surface area contributed by atoms with E-state index in [4.69, 9.17) is 5.73 Å². The molecule has 122 valence electrons. The van der Waals surface area contributed by atoms with E-state index in [1.54, 1.807) is 6.07 Å². The highest BCUT2D eigenvalue weighted by Gasteiger charge is 2.44. The Bertz CT molecular complexity index is 650. The molecule has 2 fully saturated rings. The lowest BCUT2D eigenvalue weighted by molar-refractivity contribution is -0.124. The van der Waals surface area contributed by atoms with Gasteiger partial charge >= 0.3 is 0 Å². The summed E-state index contributed by atoms with van der Waals surface area (Å²) in [6.45, 7) is 3.14. The molecule has 2 N–H and O–H groups in total. The van der Waals surface area contributed by atoms with Crippen LogP contribution in [-0.2, 0) is 14.4 Å². The monoisotopic (exact) mass is 315 g/mol. The molecule has 2 heterocycles. The van der Waals surface area contributed by atoms with Gasteiger partial charge in [-0.3, -0.25) is 19.3 Å². The number of hydrogen-bond donors (Lipinski definition) is 1. The highest BCUT2D eigenvalue weighted by molar-refractivity contribution is 6.22. The average Bonchev–Trinajstić information content (AvgIpc) is 2.83. The van der Waals surface area contributed by atoms with Crippen LogP contribution in [0.2, 0.25) is 0 Å². The molecule has 0 saturated carbocycles. The van der Waals surface area contributed by atoms with Crippen LogP contribution in [0, 0.1) is 12.8 Å². The standard InChI is InChI=1S/C17H21N3O3/c1-11-4-2-3-5-13(11)20-15(21)10-14(17(20)23)19-8-6-12(7-9-19)16(18)22/h2-5,12,14H,6-10H2,1H3,(H2,18,22)/t14-/m0/s1. The molecule has 0 spiro atoms. The van der Waals surface area contributed by atoms with Gasteiger partial charge in [0, 0.05) is 5.92 Å². The van der Waals surface area contributed by atoms with E-state index < -0.39 is 6.04 Å². The third-order valence-corrected chi connectivity index (χ3v) is 4.85. The number of benzene rings is 1. The fraction of sp³-hybridized carbons (Fsp3) is 0.471. The first-order valence-corrected chi connectivity index (χ1v) is 7.95. The minimum Gasteiger partial charge on any atom is -0.369 e. The number of para-hydroxylation sites is 1. The summed E-state index contributed by atoms with van der Waals surface area (Å²) in [6.07, 6.45) is 1.50. The number of hydrogen-bond acceptors (Lipinski definition) is 4. The first-order valence-electron chi connectivity index (χ1n) is 7.95. The zero-order valence-corrected chi connectivity index (χ0v) is 13.2. The Hall–Kier alpha value is -2.21. The van der Waals surface area contributed by atoms with Crippen LogP contribution in [0.4, 0.5) is 5.69 Å². The second-order valence-electron chi connectivity index (χ2n) is 6.29. The summed E-state index contributed by atoms with van der Waals surface area (Å²) in [7, 11) is 0. The number of likely N-dealkylation sites (tertiary alicyclic amines) is 1. The molecule has 2 aliphatic rings. The van der Waals surface area contributed by atoms with Crippen LogP contribution < -0.4 is 10.6 Å². The first-order chi connectivity index (χ1) is 11.0. The SMILES string of the molecule is Cc1ccccc1N1C(=O)C[C@H](N2CCC(C(N)=O)CC2)C1=O. The molecule has 1 atom stereocenters. The Kier molecular flexibility index (Phi) is 4.17. The highest BCUT2D eigenvalue weighted by atomic mass is 16.2. The molecule has 2 saturated heterocycles. The summed E-state index contributed by atoms with van der Waals surface area (Å²) >= 11 is 0. The van der Waals surface area contributed by atoms with Crippen molar-refractivity contribution in [3.8, 4) is 0 Å². The Morgan fingerprint density at radius 1 is 1.17 bits per heavy atom. The van der Waals surface area contributed by atoms with Crippen molar-refractivity contribution in [1.29, 1.82) is 0 Å². The van der Waals surface area contributed by atoms with Crippen molar-refractivity contribution in [3.05, 3.63) is 29.8 Å². The summed E-state index contributed by atoms with van der Waals surface area (Å²) in [6, 6.07) is 6.98. The number of primary amides is 1. The maximum Gasteiger partial charge on any atom is 0.251 e. The summed E-state index contributed by atoms with van der Waals surface area (Å²) < 4.78 is 0. The maximum absolute atomic E-state index is 12.8. The van der Waals surface area contributed by atoms with E-state index in [1.807, 2.05) is 30.0 Å². The van der Waals surface area contributed by atoms with E-state index in [9.17, 15) is 14.4 Å². The largest absolute Gasteiger partial charge is 0.369 e. The van der Waals surface area contributed by atoms with Gasteiger partial charge in [-0.15, -0.1) is 0 Å². The lowest BCUT2D eigenvalue weighted by Gasteiger charge is -2.33. The van der Waals surface area contributed by atoms with Crippen molar-refractivity contribution < 1.29 is 14.4 Å². The fourth-order valence-corrected chi connectivity index (χ4v) is 3.46. The first kappa shape index (κ1) is 15.7. The van der Waals surface area contributed by atoms with Gasteiger partial charge in [0.25, 0.3) is 5.91 Å². The molecule has 3 rings (SSSR count). The Balaban J connectivity index is 1.75. The van der Waals surface area contributed by atoms with E-state index in [-0.39, 0.29) is 30.1 Å². The van der Waals surface area contributed by atoms with Gasteiger partial charge < -0.3 is 5.73 Å².